The SMILES string of the molecule is O=C(NC1CCC1)O[C@H]1C[C@@H](I)[C@@H](c2nnc3cnc4[nH]ccc4n23)C1. The lowest BCUT2D eigenvalue weighted by molar-refractivity contribution is 0.0934. The van der Waals surface area contributed by atoms with Gasteiger partial charge in [-0.3, -0.25) is 4.40 Å². The predicted molar refractivity (Wildman–Crippen MR) is 103 cm³/mol. The van der Waals surface area contributed by atoms with E-state index in [1.54, 1.807) is 6.20 Å². The maximum Gasteiger partial charge on any atom is 0.407 e. The molecule has 3 aromatic rings. The summed E-state index contributed by atoms with van der Waals surface area (Å²) in [6.45, 7) is 0. The van der Waals surface area contributed by atoms with Gasteiger partial charge in [-0.15, -0.1) is 10.2 Å². The molecular formula is C17H19IN6O2. The zero-order valence-corrected chi connectivity index (χ0v) is 16.2. The number of ether oxygens (including phenoxy) is 1. The van der Waals surface area contributed by atoms with Crippen molar-refractivity contribution in [2.24, 2.45) is 0 Å². The van der Waals surface area contributed by atoms with Crippen LogP contribution in [0.5, 0.6) is 0 Å². The Kier molecular flexibility index (Phi) is 3.98. The minimum absolute atomic E-state index is 0.0853. The number of rotatable bonds is 3. The highest BCUT2D eigenvalue weighted by atomic mass is 127. The molecule has 136 valence electrons. The number of halogens is 1. The number of alkyl carbamates (subject to hydrolysis) is 1. The first-order chi connectivity index (χ1) is 12.7. The monoisotopic (exact) mass is 466 g/mol. The molecule has 2 N–H and O–H groups in total. The molecule has 26 heavy (non-hydrogen) atoms. The van der Waals surface area contributed by atoms with Crippen LogP contribution in [0, 0.1) is 0 Å². The van der Waals surface area contributed by atoms with E-state index in [0.717, 1.165) is 48.3 Å². The van der Waals surface area contributed by atoms with E-state index in [4.69, 9.17) is 4.74 Å². The Hall–Kier alpha value is -1.91. The highest BCUT2D eigenvalue weighted by Crippen LogP contribution is 2.41. The summed E-state index contributed by atoms with van der Waals surface area (Å²) in [5.74, 6) is 1.10. The highest BCUT2D eigenvalue weighted by molar-refractivity contribution is 14.1. The molecule has 0 spiro atoms. The first kappa shape index (κ1) is 16.3. The number of carbonyl (C=O) groups excluding carboxylic acids is 1. The van der Waals surface area contributed by atoms with Crippen molar-refractivity contribution in [1.29, 1.82) is 0 Å². The second-order valence-electron chi connectivity index (χ2n) is 7.11. The lowest BCUT2D eigenvalue weighted by Gasteiger charge is -2.26. The van der Waals surface area contributed by atoms with Gasteiger partial charge in [0.2, 0.25) is 0 Å². The van der Waals surface area contributed by atoms with E-state index in [0.29, 0.717) is 9.97 Å². The van der Waals surface area contributed by atoms with Crippen LogP contribution in [0.3, 0.4) is 0 Å². The van der Waals surface area contributed by atoms with Crippen molar-refractivity contribution >= 4 is 45.5 Å². The molecule has 0 saturated heterocycles. The molecule has 0 bridgehead atoms. The van der Waals surface area contributed by atoms with Gasteiger partial charge in [0.1, 0.15) is 11.9 Å². The fourth-order valence-corrected chi connectivity index (χ4v) is 5.03. The number of carbonyl (C=O) groups is 1. The maximum absolute atomic E-state index is 12.1. The quantitative estimate of drug-likeness (QED) is 0.457. The van der Waals surface area contributed by atoms with Crippen molar-refractivity contribution < 1.29 is 9.53 Å². The number of nitrogens with one attached hydrogen (secondary N) is 2. The summed E-state index contributed by atoms with van der Waals surface area (Å²) in [6, 6.07) is 2.28. The summed E-state index contributed by atoms with van der Waals surface area (Å²) in [5, 5.41) is 11.7. The summed E-state index contributed by atoms with van der Waals surface area (Å²) in [4.78, 5) is 19.6. The van der Waals surface area contributed by atoms with Gasteiger partial charge in [0.05, 0.1) is 11.7 Å². The molecule has 9 heteroatoms. The molecule has 2 aliphatic rings. The number of aromatic amines is 1. The molecule has 8 nitrogen and oxygen atoms in total. The van der Waals surface area contributed by atoms with Crippen molar-refractivity contribution in [2.45, 2.75) is 54.1 Å². The van der Waals surface area contributed by atoms with Crippen LogP contribution in [-0.4, -0.2) is 46.7 Å². The Balaban J connectivity index is 1.37. The number of amides is 1. The van der Waals surface area contributed by atoms with E-state index in [2.05, 4.69) is 52.5 Å². The van der Waals surface area contributed by atoms with Gasteiger partial charge in [0, 0.05) is 22.1 Å². The molecule has 3 heterocycles. The van der Waals surface area contributed by atoms with Crippen molar-refractivity contribution in [3.05, 3.63) is 24.3 Å². The molecule has 3 aromatic heterocycles. The predicted octanol–water partition coefficient (Wildman–Crippen LogP) is 2.93. The largest absolute Gasteiger partial charge is 0.446 e. The second kappa shape index (κ2) is 6.36. The fraction of sp³-hybridized carbons (Fsp3) is 0.529. The lowest BCUT2D eigenvalue weighted by atomic mass is 9.93. The zero-order valence-electron chi connectivity index (χ0n) is 14.1. The van der Waals surface area contributed by atoms with Crippen molar-refractivity contribution in [3.8, 4) is 0 Å². The minimum atomic E-state index is -0.285. The van der Waals surface area contributed by atoms with Crippen LogP contribution in [0.4, 0.5) is 4.79 Å². The molecule has 0 aliphatic heterocycles. The fourth-order valence-electron chi connectivity index (χ4n) is 3.85. The summed E-state index contributed by atoms with van der Waals surface area (Å²) in [6.07, 6.45) is 8.13. The number of hydrogen-bond donors (Lipinski definition) is 2. The number of H-pyrrole nitrogens is 1. The van der Waals surface area contributed by atoms with Crippen LogP contribution < -0.4 is 5.32 Å². The normalized spacial score (nSPS) is 26.3. The summed E-state index contributed by atoms with van der Waals surface area (Å²) in [5.41, 5.74) is 2.52. The standard InChI is InChI=1S/C17H19IN6O2/c18-12-7-10(26-17(25)21-9-2-1-3-9)6-11(12)16-23-22-14-8-20-15-13(24(14)16)4-5-19-15/h4-5,8-12,19H,1-3,6-7H2,(H,21,25)/t10-,11+,12-/m1/s1. The average Bonchev–Trinajstić information content (AvgIpc) is 3.27. The molecule has 1 amide bonds. The Morgan fingerprint density at radius 2 is 2.23 bits per heavy atom. The minimum Gasteiger partial charge on any atom is -0.446 e. The van der Waals surface area contributed by atoms with Crippen molar-refractivity contribution in [2.75, 3.05) is 0 Å². The van der Waals surface area contributed by atoms with Crippen LogP contribution in [0.1, 0.15) is 43.8 Å². The Bertz CT molecular complexity index is 965. The van der Waals surface area contributed by atoms with Gasteiger partial charge < -0.3 is 15.0 Å². The maximum atomic E-state index is 12.1. The zero-order chi connectivity index (χ0) is 17.7. The van der Waals surface area contributed by atoms with Crippen molar-refractivity contribution in [3.63, 3.8) is 0 Å². The van der Waals surface area contributed by atoms with Crippen LogP contribution >= 0.6 is 22.6 Å². The third-order valence-electron chi connectivity index (χ3n) is 5.44. The Morgan fingerprint density at radius 1 is 1.35 bits per heavy atom. The van der Waals surface area contributed by atoms with Gasteiger partial charge in [-0.05, 0) is 38.2 Å². The van der Waals surface area contributed by atoms with E-state index in [9.17, 15) is 4.79 Å². The molecule has 0 unspecified atom stereocenters. The van der Waals surface area contributed by atoms with E-state index < -0.39 is 0 Å². The number of nitrogens with zero attached hydrogens (tertiary/aromatic N) is 4. The first-order valence-electron chi connectivity index (χ1n) is 8.97. The summed E-state index contributed by atoms with van der Waals surface area (Å²) >= 11 is 2.44. The number of alkyl halides is 1. The number of aromatic nitrogens is 5. The van der Waals surface area contributed by atoms with Crippen LogP contribution in [0.15, 0.2) is 18.5 Å². The second-order valence-corrected chi connectivity index (χ2v) is 8.71. The van der Waals surface area contributed by atoms with Gasteiger partial charge in [0.25, 0.3) is 0 Å². The number of hydrogen-bond acceptors (Lipinski definition) is 5. The lowest BCUT2D eigenvalue weighted by Crippen LogP contribution is -2.40. The Morgan fingerprint density at radius 3 is 3.04 bits per heavy atom. The van der Waals surface area contributed by atoms with E-state index in [1.807, 2.05) is 12.3 Å². The first-order valence-corrected chi connectivity index (χ1v) is 10.2. The van der Waals surface area contributed by atoms with Gasteiger partial charge in [-0.1, -0.05) is 22.6 Å². The Labute approximate surface area is 163 Å². The van der Waals surface area contributed by atoms with Crippen LogP contribution in [-0.2, 0) is 4.74 Å². The van der Waals surface area contributed by atoms with E-state index in [-0.39, 0.29) is 18.1 Å². The average molecular weight is 466 g/mol. The van der Waals surface area contributed by atoms with Crippen LogP contribution in [0.2, 0.25) is 0 Å². The van der Waals surface area contributed by atoms with E-state index in [1.165, 1.54) is 6.42 Å². The molecule has 0 radical (unpaired) electrons. The smallest absolute Gasteiger partial charge is 0.407 e. The molecule has 0 aromatic carbocycles. The van der Waals surface area contributed by atoms with Gasteiger partial charge in [-0.25, -0.2) is 9.78 Å². The van der Waals surface area contributed by atoms with Gasteiger partial charge >= 0.3 is 6.09 Å². The third-order valence-corrected chi connectivity index (χ3v) is 6.82. The molecule has 5 rings (SSSR count). The van der Waals surface area contributed by atoms with Crippen molar-refractivity contribution in [1.82, 2.24) is 29.9 Å². The molecule has 2 aliphatic carbocycles. The number of fused-ring (bicyclic) bond motifs is 3. The third kappa shape index (κ3) is 2.72. The van der Waals surface area contributed by atoms with E-state index >= 15 is 0 Å². The molecule has 3 atom stereocenters. The summed E-state index contributed by atoms with van der Waals surface area (Å²) in [7, 11) is 0. The molecular weight excluding hydrogens is 447 g/mol. The highest BCUT2D eigenvalue weighted by Gasteiger charge is 2.39. The van der Waals surface area contributed by atoms with Crippen LogP contribution in [0.25, 0.3) is 16.8 Å². The molecule has 2 fully saturated rings. The molecule has 2 saturated carbocycles. The van der Waals surface area contributed by atoms with Gasteiger partial charge in [-0.2, -0.15) is 0 Å². The van der Waals surface area contributed by atoms with Gasteiger partial charge in [0.15, 0.2) is 11.3 Å². The summed E-state index contributed by atoms with van der Waals surface area (Å²) < 4.78 is 8.07. The topological polar surface area (TPSA) is 97.2 Å².